The molecule has 0 aromatic heterocycles. The zero-order valence-electron chi connectivity index (χ0n) is 18.4. The van der Waals surface area contributed by atoms with Gasteiger partial charge in [0.1, 0.15) is 0 Å². The maximum Gasteiger partial charge on any atom is 0.255 e. The minimum atomic E-state index is -0.223. The average Bonchev–Trinajstić information content (AvgIpc) is 3.03. The molecule has 5 nitrogen and oxygen atoms in total. The molecule has 0 bridgehead atoms. The molecule has 3 aromatic rings. The number of rotatable bonds is 5. The maximum atomic E-state index is 12.6. The SMILES string of the molecule is CN1CCCN(Cc2cccc(-c3cccc(NC(=O)c4cccc(C#N)c4)c3)c2)CC1. The van der Waals surface area contributed by atoms with E-state index in [0.717, 1.165) is 49.5 Å². The van der Waals surface area contributed by atoms with Gasteiger partial charge in [0.2, 0.25) is 0 Å². The quantitative estimate of drug-likeness (QED) is 0.650. The number of nitrogens with zero attached hydrogens (tertiary/aromatic N) is 3. The molecule has 1 fully saturated rings. The zero-order valence-corrected chi connectivity index (χ0v) is 18.4. The van der Waals surface area contributed by atoms with E-state index in [-0.39, 0.29) is 5.91 Å². The van der Waals surface area contributed by atoms with Gasteiger partial charge in [0, 0.05) is 30.9 Å². The predicted molar refractivity (Wildman–Crippen MR) is 128 cm³/mol. The van der Waals surface area contributed by atoms with E-state index in [1.807, 2.05) is 18.2 Å². The van der Waals surface area contributed by atoms with Crippen LogP contribution in [0.25, 0.3) is 11.1 Å². The van der Waals surface area contributed by atoms with Crippen LogP contribution < -0.4 is 5.32 Å². The Bertz CT molecular complexity index is 1130. The van der Waals surface area contributed by atoms with Crippen molar-refractivity contribution in [1.82, 2.24) is 9.80 Å². The number of nitrogens with one attached hydrogen (secondary N) is 1. The number of anilines is 1. The molecule has 1 aliphatic heterocycles. The second-order valence-corrected chi connectivity index (χ2v) is 8.36. The monoisotopic (exact) mass is 424 g/mol. The Hall–Kier alpha value is -3.46. The van der Waals surface area contributed by atoms with Crippen LogP contribution in [0.2, 0.25) is 0 Å². The van der Waals surface area contributed by atoms with Gasteiger partial charge in [0.15, 0.2) is 0 Å². The van der Waals surface area contributed by atoms with E-state index in [4.69, 9.17) is 5.26 Å². The van der Waals surface area contributed by atoms with Crippen LogP contribution in [0.3, 0.4) is 0 Å². The summed E-state index contributed by atoms with van der Waals surface area (Å²) in [4.78, 5) is 17.5. The van der Waals surface area contributed by atoms with Crippen LogP contribution >= 0.6 is 0 Å². The molecule has 1 aliphatic rings. The van der Waals surface area contributed by atoms with E-state index >= 15 is 0 Å². The molecule has 32 heavy (non-hydrogen) atoms. The highest BCUT2D eigenvalue weighted by atomic mass is 16.1. The van der Waals surface area contributed by atoms with Crippen molar-refractivity contribution in [3.05, 3.63) is 89.5 Å². The van der Waals surface area contributed by atoms with Crippen LogP contribution in [0.1, 0.15) is 27.9 Å². The summed E-state index contributed by atoms with van der Waals surface area (Å²) >= 11 is 0. The number of carbonyl (C=O) groups excluding carboxylic acids is 1. The lowest BCUT2D eigenvalue weighted by Gasteiger charge is -2.20. The Morgan fingerprint density at radius 1 is 0.938 bits per heavy atom. The summed E-state index contributed by atoms with van der Waals surface area (Å²) in [6, 6.07) is 25.3. The molecule has 1 heterocycles. The number of hydrogen-bond donors (Lipinski definition) is 1. The van der Waals surface area contributed by atoms with Gasteiger partial charge in [-0.15, -0.1) is 0 Å². The van der Waals surface area contributed by atoms with Gasteiger partial charge >= 0.3 is 0 Å². The third kappa shape index (κ3) is 5.61. The number of likely N-dealkylation sites (N-methyl/N-ethyl adjacent to an activating group) is 1. The molecular weight excluding hydrogens is 396 g/mol. The molecule has 162 valence electrons. The van der Waals surface area contributed by atoms with Crippen LogP contribution in [0.4, 0.5) is 5.69 Å². The van der Waals surface area contributed by atoms with Crippen LogP contribution in [-0.4, -0.2) is 48.9 Å². The summed E-state index contributed by atoms with van der Waals surface area (Å²) in [5.41, 5.74) is 5.17. The fourth-order valence-corrected chi connectivity index (χ4v) is 4.08. The lowest BCUT2D eigenvalue weighted by atomic mass is 10.0. The summed E-state index contributed by atoms with van der Waals surface area (Å²) in [6.07, 6.45) is 1.20. The van der Waals surface area contributed by atoms with E-state index in [1.165, 1.54) is 12.0 Å². The Kier molecular flexibility index (Phi) is 6.96. The minimum Gasteiger partial charge on any atom is -0.322 e. The number of hydrogen-bond acceptors (Lipinski definition) is 4. The van der Waals surface area contributed by atoms with Gasteiger partial charge in [-0.2, -0.15) is 5.26 Å². The number of benzene rings is 3. The van der Waals surface area contributed by atoms with Gasteiger partial charge in [-0.3, -0.25) is 9.69 Å². The van der Waals surface area contributed by atoms with Crippen LogP contribution in [0.15, 0.2) is 72.8 Å². The van der Waals surface area contributed by atoms with Crippen molar-refractivity contribution < 1.29 is 4.79 Å². The van der Waals surface area contributed by atoms with Gasteiger partial charge in [-0.1, -0.05) is 36.4 Å². The second kappa shape index (κ2) is 10.2. The van der Waals surface area contributed by atoms with E-state index < -0.39 is 0 Å². The van der Waals surface area contributed by atoms with Gasteiger partial charge in [0.25, 0.3) is 5.91 Å². The van der Waals surface area contributed by atoms with E-state index in [9.17, 15) is 4.79 Å². The normalized spacial score (nSPS) is 15.0. The topological polar surface area (TPSA) is 59.4 Å². The van der Waals surface area contributed by atoms with E-state index in [2.05, 4.69) is 58.6 Å². The Balaban J connectivity index is 1.47. The molecule has 0 atom stereocenters. The molecule has 1 amide bonds. The molecule has 1 N–H and O–H groups in total. The van der Waals surface area contributed by atoms with Crippen molar-refractivity contribution in [3.63, 3.8) is 0 Å². The fourth-order valence-electron chi connectivity index (χ4n) is 4.08. The lowest BCUT2D eigenvalue weighted by Crippen LogP contribution is -2.28. The van der Waals surface area contributed by atoms with Crippen molar-refractivity contribution in [1.29, 1.82) is 5.26 Å². The second-order valence-electron chi connectivity index (χ2n) is 8.36. The first kappa shape index (κ1) is 21.8. The number of carbonyl (C=O) groups is 1. The van der Waals surface area contributed by atoms with Crippen LogP contribution in [0.5, 0.6) is 0 Å². The third-order valence-corrected chi connectivity index (χ3v) is 5.85. The van der Waals surface area contributed by atoms with Gasteiger partial charge in [-0.05, 0) is 79.6 Å². The van der Waals surface area contributed by atoms with Crippen molar-refractivity contribution in [2.24, 2.45) is 0 Å². The average molecular weight is 425 g/mol. The molecular formula is C27H28N4O. The fraction of sp³-hybridized carbons (Fsp3) is 0.259. The molecule has 1 saturated heterocycles. The highest BCUT2D eigenvalue weighted by Gasteiger charge is 2.13. The van der Waals surface area contributed by atoms with Crippen molar-refractivity contribution in [2.75, 3.05) is 38.5 Å². The smallest absolute Gasteiger partial charge is 0.255 e. The van der Waals surface area contributed by atoms with Crippen molar-refractivity contribution in [3.8, 4) is 17.2 Å². The number of nitriles is 1. The van der Waals surface area contributed by atoms with Gasteiger partial charge < -0.3 is 10.2 Å². The predicted octanol–water partition coefficient (Wildman–Crippen LogP) is 4.62. The minimum absolute atomic E-state index is 0.223. The lowest BCUT2D eigenvalue weighted by molar-refractivity contribution is 0.102. The summed E-state index contributed by atoms with van der Waals surface area (Å²) in [5, 5.41) is 12.0. The summed E-state index contributed by atoms with van der Waals surface area (Å²) in [7, 11) is 2.19. The Morgan fingerprint density at radius 2 is 1.72 bits per heavy atom. The standard InChI is InChI=1S/C27H28N4O/c1-30-12-5-13-31(15-14-30)20-22-7-3-8-23(17-22)24-9-4-11-26(18-24)29-27(32)25-10-2-6-21(16-25)19-28/h2-4,6-11,16-18H,5,12-15,20H2,1H3,(H,29,32). The van der Waals surface area contributed by atoms with Gasteiger partial charge in [-0.25, -0.2) is 0 Å². The molecule has 4 rings (SSSR count). The third-order valence-electron chi connectivity index (χ3n) is 5.85. The molecule has 5 heteroatoms. The summed E-state index contributed by atoms with van der Waals surface area (Å²) in [5.74, 6) is -0.223. The van der Waals surface area contributed by atoms with E-state index in [1.54, 1.807) is 24.3 Å². The van der Waals surface area contributed by atoms with Crippen LogP contribution in [0, 0.1) is 11.3 Å². The molecule has 0 unspecified atom stereocenters. The Labute approximate surface area is 189 Å². The van der Waals surface area contributed by atoms with Crippen molar-refractivity contribution in [2.45, 2.75) is 13.0 Å². The first-order chi connectivity index (χ1) is 15.6. The molecule has 3 aromatic carbocycles. The first-order valence-electron chi connectivity index (χ1n) is 11.0. The highest BCUT2D eigenvalue weighted by molar-refractivity contribution is 6.04. The molecule has 0 radical (unpaired) electrons. The first-order valence-corrected chi connectivity index (χ1v) is 11.0. The zero-order chi connectivity index (χ0) is 22.3. The maximum absolute atomic E-state index is 12.6. The van der Waals surface area contributed by atoms with Crippen molar-refractivity contribution >= 4 is 11.6 Å². The van der Waals surface area contributed by atoms with E-state index in [0.29, 0.717) is 11.1 Å². The summed E-state index contributed by atoms with van der Waals surface area (Å²) in [6.45, 7) is 5.44. The molecule has 0 saturated carbocycles. The summed E-state index contributed by atoms with van der Waals surface area (Å²) < 4.78 is 0. The molecule has 0 aliphatic carbocycles. The highest BCUT2D eigenvalue weighted by Crippen LogP contribution is 2.25. The van der Waals surface area contributed by atoms with Gasteiger partial charge in [0.05, 0.1) is 11.6 Å². The largest absolute Gasteiger partial charge is 0.322 e. The van der Waals surface area contributed by atoms with Crippen LogP contribution in [-0.2, 0) is 6.54 Å². The Morgan fingerprint density at radius 3 is 2.56 bits per heavy atom. The number of amides is 1. The molecule has 0 spiro atoms.